The van der Waals surface area contributed by atoms with Gasteiger partial charge < -0.3 is 5.11 Å². The van der Waals surface area contributed by atoms with Gasteiger partial charge in [0.1, 0.15) is 0 Å². The maximum Gasteiger partial charge on any atom is 0.211 e. The van der Waals surface area contributed by atoms with Crippen molar-refractivity contribution < 1.29 is 13.5 Å². The first-order valence-corrected chi connectivity index (χ1v) is 7.88. The average Bonchev–Trinajstić information content (AvgIpc) is 2.37. The average molecular weight is 271 g/mol. The summed E-state index contributed by atoms with van der Waals surface area (Å²) in [4.78, 5) is 0. The summed E-state index contributed by atoms with van der Waals surface area (Å²) in [6.07, 6.45) is 1.99. The SMILES string of the molecule is CCc1ccc(CNS(=O)(=O)CCCCO)cc1. The minimum atomic E-state index is -3.23. The Labute approximate surface area is 109 Å². The molecule has 0 saturated heterocycles. The largest absolute Gasteiger partial charge is 0.396 e. The van der Waals surface area contributed by atoms with Crippen LogP contribution < -0.4 is 4.72 Å². The minimum absolute atomic E-state index is 0.0357. The molecule has 18 heavy (non-hydrogen) atoms. The molecule has 0 amide bonds. The Bertz CT molecular complexity index is 440. The van der Waals surface area contributed by atoms with Gasteiger partial charge in [-0.3, -0.25) is 0 Å². The van der Waals surface area contributed by atoms with Crippen LogP contribution in [0.15, 0.2) is 24.3 Å². The molecular formula is C13H21NO3S. The Morgan fingerprint density at radius 3 is 2.28 bits per heavy atom. The third kappa shape index (κ3) is 5.62. The van der Waals surface area contributed by atoms with Gasteiger partial charge in [-0.1, -0.05) is 31.2 Å². The molecule has 0 unspecified atom stereocenters. The molecule has 0 aromatic heterocycles. The molecule has 1 aromatic rings. The van der Waals surface area contributed by atoms with E-state index in [0.29, 0.717) is 19.4 Å². The van der Waals surface area contributed by atoms with Crippen LogP contribution in [0.25, 0.3) is 0 Å². The lowest BCUT2D eigenvalue weighted by molar-refractivity contribution is 0.287. The monoisotopic (exact) mass is 271 g/mol. The predicted octanol–water partition coefficient (Wildman–Crippen LogP) is 1.44. The third-order valence-electron chi connectivity index (χ3n) is 2.75. The molecule has 0 spiro atoms. The number of benzene rings is 1. The van der Waals surface area contributed by atoms with Gasteiger partial charge in [0.05, 0.1) is 5.75 Å². The second-order valence-corrected chi connectivity index (χ2v) is 6.17. The standard InChI is InChI=1S/C13H21NO3S/c1-2-12-5-7-13(8-6-12)11-14-18(16,17)10-4-3-9-15/h5-8,14-15H,2-4,9-11H2,1H3. The number of nitrogens with one attached hydrogen (secondary N) is 1. The van der Waals surface area contributed by atoms with E-state index < -0.39 is 10.0 Å². The van der Waals surface area contributed by atoms with Crippen LogP contribution in [0.4, 0.5) is 0 Å². The summed E-state index contributed by atoms with van der Waals surface area (Å²) < 4.78 is 25.8. The quantitative estimate of drug-likeness (QED) is 0.703. The summed E-state index contributed by atoms with van der Waals surface area (Å²) in [6.45, 7) is 2.44. The summed E-state index contributed by atoms with van der Waals surface area (Å²) in [5.41, 5.74) is 2.20. The normalized spacial score (nSPS) is 11.7. The van der Waals surface area contributed by atoms with Gasteiger partial charge in [-0.05, 0) is 30.4 Å². The van der Waals surface area contributed by atoms with Gasteiger partial charge >= 0.3 is 0 Å². The zero-order chi connectivity index (χ0) is 13.4. The molecule has 0 bridgehead atoms. The number of rotatable bonds is 8. The number of aliphatic hydroxyl groups is 1. The summed E-state index contributed by atoms with van der Waals surface area (Å²) >= 11 is 0. The number of hydrogen-bond donors (Lipinski definition) is 2. The van der Waals surface area contributed by atoms with Gasteiger partial charge in [-0.25, -0.2) is 13.1 Å². The summed E-state index contributed by atoms with van der Waals surface area (Å²) in [6, 6.07) is 7.90. The highest BCUT2D eigenvalue weighted by molar-refractivity contribution is 7.89. The van der Waals surface area contributed by atoms with Gasteiger partial charge in [0.2, 0.25) is 10.0 Å². The predicted molar refractivity (Wildman–Crippen MR) is 72.8 cm³/mol. The number of hydrogen-bond acceptors (Lipinski definition) is 3. The lowest BCUT2D eigenvalue weighted by Crippen LogP contribution is -2.26. The molecule has 5 heteroatoms. The third-order valence-corrected chi connectivity index (χ3v) is 4.16. The molecule has 1 rings (SSSR count). The van der Waals surface area contributed by atoms with Crippen molar-refractivity contribution in [3.63, 3.8) is 0 Å². The van der Waals surface area contributed by atoms with Crippen molar-refractivity contribution in [3.05, 3.63) is 35.4 Å². The summed E-state index contributed by atoms with van der Waals surface area (Å²) in [5.74, 6) is 0.0700. The van der Waals surface area contributed by atoms with E-state index in [1.807, 2.05) is 24.3 Å². The highest BCUT2D eigenvalue weighted by Crippen LogP contribution is 2.05. The highest BCUT2D eigenvalue weighted by atomic mass is 32.2. The minimum Gasteiger partial charge on any atom is -0.396 e. The van der Waals surface area contributed by atoms with E-state index >= 15 is 0 Å². The highest BCUT2D eigenvalue weighted by Gasteiger charge is 2.09. The second kappa shape index (κ2) is 7.51. The van der Waals surface area contributed by atoms with Crippen LogP contribution in [-0.4, -0.2) is 25.9 Å². The molecule has 1 aromatic carbocycles. The van der Waals surface area contributed by atoms with Crippen LogP contribution >= 0.6 is 0 Å². The number of aliphatic hydroxyl groups excluding tert-OH is 1. The van der Waals surface area contributed by atoms with E-state index in [4.69, 9.17) is 5.11 Å². The smallest absolute Gasteiger partial charge is 0.211 e. The molecule has 0 atom stereocenters. The van der Waals surface area contributed by atoms with Crippen LogP contribution in [0, 0.1) is 0 Å². The van der Waals surface area contributed by atoms with Crippen LogP contribution in [0.5, 0.6) is 0 Å². The van der Waals surface area contributed by atoms with Gasteiger partial charge in [0, 0.05) is 13.2 Å². The van der Waals surface area contributed by atoms with E-state index in [1.54, 1.807) is 0 Å². The molecule has 0 aliphatic heterocycles. The van der Waals surface area contributed by atoms with Crippen LogP contribution in [0.3, 0.4) is 0 Å². The second-order valence-electron chi connectivity index (χ2n) is 4.24. The number of unbranched alkanes of at least 4 members (excludes halogenated alkanes) is 1. The first-order chi connectivity index (χ1) is 8.57. The Balaban J connectivity index is 2.43. The lowest BCUT2D eigenvalue weighted by Gasteiger charge is -2.07. The Morgan fingerprint density at radius 1 is 1.11 bits per heavy atom. The van der Waals surface area contributed by atoms with Crippen molar-refractivity contribution in [1.29, 1.82) is 0 Å². The molecule has 0 saturated carbocycles. The molecule has 0 fully saturated rings. The molecule has 102 valence electrons. The van der Waals surface area contributed by atoms with E-state index in [9.17, 15) is 8.42 Å². The van der Waals surface area contributed by atoms with Crippen molar-refractivity contribution in [2.24, 2.45) is 0 Å². The van der Waals surface area contributed by atoms with E-state index in [-0.39, 0.29) is 12.4 Å². The lowest BCUT2D eigenvalue weighted by atomic mass is 10.1. The first kappa shape index (κ1) is 15.1. The molecule has 0 aliphatic rings. The molecule has 0 radical (unpaired) electrons. The molecule has 0 aliphatic carbocycles. The van der Waals surface area contributed by atoms with E-state index in [0.717, 1.165) is 12.0 Å². The van der Waals surface area contributed by atoms with Crippen molar-refractivity contribution in [2.75, 3.05) is 12.4 Å². The zero-order valence-corrected chi connectivity index (χ0v) is 11.5. The van der Waals surface area contributed by atoms with Gasteiger partial charge in [0.15, 0.2) is 0 Å². The molecule has 2 N–H and O–H groups in total. The summed E-state index contributed by atoms with van der Waals surface area (Å²) in [5, 5.41) is 8.61. The van der Waals surface area contributed by atoms with E-state index in [2.05, 4.69) is 11.6 Å². The number of aryl methyl sites for hydroxylation is 1. The Morgan fingerprint density at radius 2 is 1.72 bits per heavy atom. The van der Waals surface area contributed by atoms with Crippen LogP contribution in [-0.2, 0) is 23.0 Å². The topological polar surface area (TPSA) is 66.4 Å². The summed E-state index contributed by atoms with van der Waals surface area (Å²) in [7, 11) is -3.23. The maximum absolute atomic E-state index is 11.6. The van der Waals surface area contributed by atoms with Crippen molar-refractivity contribution in [2.45, 2.75) is 32.7 Å². The van der Waals surface area contributed by atoms with Gasteiger partial charge in [-0.2, -0.15) is 0 Å². The van der Waals surface area contributed by atoms with Crippen molar-refractivity contribution in [1.82, 2.24) is 4.72 Å². The first-order valence-electron chi connectivity index (χ1n) is 6.23. The van der Waals surface area contributed by atoms with Crippen LogP contribution in [0.1, 0.15) is 30.9 Å². The fraction of sp³-hybridized carbons (Fsp3) is 0.538. The van der Waals surface area contributed by atoms with Crippen molar-refractivity contribution >= 4 is 10.0 Å². The maximum atomic E-state index is 11.6. The fourth-order valence-corrected chi connectivity index (χ4v) is 2.68. The van der Waals surface area contributed by atoms with Crippen molar-refractivity contribution in [3.8, 4) is 0 Å². The van der Waals surface area contributed by atoms with E-state index in [1.165, 1.54) is 5.56 Å². The van der Waals surface area contributed by atoms with Gasteiger partial charge in [-0.15, -0.1) is 0 Å². The molecule has 0 heterocycles. The molecular weight excluding hydrogens is 250 g/mol. The zero-order valence-electron chi connectivity index (χ0n) is 10.7. The van der Waals surface area contributed by atoms with Crippen LogP contribution in [0.2, 0.25) is 0 Å². The number of sulfonamides is 1. The molecule has 4 nitrogen and oxygen atoms in total. The Hall–Kier alpha value is -0.910. The Kier molecular flexibility index (Phi) is 6.32. The van der Waals surface area contributed by atoms with Gasteiger partial charge in [0.25, 0.3) is 0 Å². The fourth-order valence-electron chi connectivity index (χ4n) is 1.56.